The van der Waals surface area contributed by atoms with Crippen LogP contribution in [-0.4, -0.2) is 92.6 Å². The number of likely N-dealkylation sites (N-methyl/N-ethyl adjacent to an activating group) is 1. The number of pyridine rings is 1. The maximum absolute atomic E-state index is 12.8. The first-order valence-corrected chi connectivity index (χ1v) is 19.9. The van der Waals surface area contributed by atoms with Gasteiger partial charge in [0.1, 0.15) is 17.1 Å². The first-order valence-electron chi connectivity index (χ1n) is 18.8. The molecule has 4 rings (SSSR count). The van der Waals surface area contributed by atoms with Gasteiger partial charge in [-0.1, -0.05) is 38.0 Å². The third kappa shape index (κ3) is 11.5. The van der Waals surface area contributed by atoms with E-state index in [4.69, 9.17) is 10.7 Å². The van der Waals surface area contributed by atoms with Crippen LogP contribution >= 0.6 is 11.8 Å². The van der Waals surface area contributed by atoms with Crippen molar-refractivity contribution in [2.75, 3.05) is 38.2 Å². The molecule has 3 heterocycles. The predicted octanol–water partition coefficient (Wildman–Crippen LogP) is 4.29. The normalized spacial score (nSPS) is 15.1. The third-order valence-corrected chi connectivity index (χ3v) is 10.8. The highest BCUT2D eigenvalue weighted by atomic mass is 32.2. The molecule has 0 aliphatic carbocycles. The number of likely N-dealkylation sites (tertiary alicyclic amines) is 1. The number of carbonyl (C=O) groups excluding carboxylic acids is 5. The quantitative estimate of drug-likeness (QED) is 0.0765. The fraction of sp³-hybridized carbons (Fsp3) is 0.605. The number of fused-ring (bicyclic) bond motifs is 3. The number of imide groups is 1. The van der Waals surface area contributed by atoms with Gasteiger partial charge in [-0.15, -0.1) is 11.8 Å². The molecule has 0 saturated carbocycles. The van der Waals surface area contributed by atoms with Gasteiger partial charge in [0.25, 0.3) is 0 Å². The van der Waals surface area contributed by atoms with Gasteiger partial charge in [-0.05, 0) is 71.4 Å². The molecule has 2 aromatic heterocycles. The van der Waals surface area contributed by atoms with Gasteiger partial charge in [0, 0.05) is 50.8 Å². The summed E-state index contributed by atoms with van der Waals surface area (Å²) in [6.45, 7) is 5.93. The van der Waals surface area contributed by atoms with Crippen LogP contribution in [0.3, 0.4) is 0 Å². The van der Waals surface area contributed by atoms with Crippen molar-refractivity contribution < 1.29 is 24.0 Å². The number of rotatable bonds is 24. The Balaban J connectivity index is 1.09. The van der Waals surface area contributed by atoms with Crippen LogP contribution in [0.1, 0.15) is 96.7 Å². The molecular formula is C38H56N8O5S. The lowest BCUT2D eigenvalue weighted by Crippen LogP contribution is -2.33. The molecule has 0 spiro atoms. The van der Waals surface area contributed by atoms with E-state index in [1.165, 1.54) is 16.7 Å². The second-order valence-electron chi connectivity index (χ2n) is 13.5. The summed E-state index contributed by atoms with van der Waals surface area (Å²) in [6.07, 6.45) is 9.53. The number of benzene rings is 1. The molecule has 1 fully saturated rings. The Morgan fingerprint density at radius 1 is 0.942 bits per heavy atom. The van der Waals surface area contributed by atoms with E-state index < -0.39 is 5.25 Å². The number of hydrogen-bond donors (Lipinski definition) is 4. The number of amides is 4. The van der Waals surface area contributed by atoms with Crippen LogP contribution < -0.4 is 21.7 Å². The first-order chi connectivity index (χ1) is 25.1. The Morgan fingerprint density at radius 3 is 2.42 bits per heavy atom. The maximum atomic E-state index is 12.8. The molecule has 2 atom stereocenters. The number of carbonyl (C=O) groups is 5. The van der Waals surface area contributed by atoms with E-state index in [0.717, 1.165) is 92.1 Å². The number of nitrogen functional groups attached to an aromatic ring is 1. The summed E-state index contributed by atoms with van der Waals surface area (Å²) in [6, 6.07) is 7.85. The smallest absolute Gasteiger partial charge is 0.242 e. The molecule has 1 aliphatic rings. The topological polar surface area (TPSA) is 181 Å². The number of aromatic nitrogens is 3. The van der Waals surface area contributed by atoms with E-state index in [1.807, 2.05) is 18.2 Å². The molecule has 0 radical (unpaired) electrons. The van der Waals surface area contributed by atoms with E-state index in [9.17, 15) is 24.0 Å². The lowest BCUT2D eigenvalue weighted by Gasteiger charge is -2.15. The van der Waals surface area contributed by atoms with Crippen molar-refractivity contribution in [3.05, 3.63) is 30.1 Å². The molecule has 1 aliphatic heterocycles. The van der Waals surface area contributed by atoms with Crippen LogP contribution in [0, 0.1) is 0 Å². The second-order valence-corrected chi connectivity index (χ2v) is 14.7. The number of ketones is 1. The fourth-order valence-corrected chi connectivity index (χ4v) is 7.60. The van der Waals surface area contributed by atoms with Crippen LogP contribution in [0.2, 0.25) is 0 Å². The third-order valence-electron chi connectivity index (χ3n) is 9.56. The second kappa shape index (κ2) is 20.9. The predicted molar refractivity (Wildman–Crippen MR) is 207 cm³/mol. The highest BCUT2D eigenvalue weighted by Gasteiger charge is 2.38. The number of unbranched alkanes of at least 4 members (excludes halogenated alkanes) is 5. The Hall–Kier alpha value is -4.04. The molecule has 4 amide bonds. The summed E-state index contributed by atoms with van der Waals surface area (Å²) in [7, 11) is 1.76. The summed E-state index contributed by atoms with van der Waals surface area (Å²) in [5.74, 6) is 1.08. The van der Waals surface area contributed by atoms with E-state index in [1.54, 1.807) is 14.0 Å². The average Bonchev–Trinajstić information content (AvgIpc) is 3.63. The van der Waals surface area contributed by atoms with Gasteiger partial charge in [-0.25, -0.2) is 9.97 Å². The van der Waals surface area contributed by atoms with Crippen molar-refractivity contribution in [2.24, 2.45) is 0 Å². The van der Waals surface area contributed by atoms with Gasteiger partial charge in [0.15, 0.2) is 5.82 Å². The number of Topliss-reactive ketones (excluding diaryl/α,β-unsaturated/α-hetero) is 1. The van der Waals surface area contributed by atoms with Crippen LogP contribution in [0.25, 0.3) is 21.9 Å². The van der Waals surface area contributed by atoms with Crippen molar-refractivity contribution in [3.63, 3.8) is 0 Å². The Morgan fingerprint density at radius 2 is 1.67 bits per heavy atom. The van der Waals surface area contributed by atoms with Crippen molar-refractivity contribution in [2.45, 2.75) is 115 Å². The number of para-hydroxylation sites is 1. The lowest BCUT2D eigenvalue weighted by atomic mass is 10.1. The van der Waals surface area contributed by atoms with Gasteiger partial charge in [-0.3, -0.25) is 28.9 Å². The number of imidazole rings is 1. The van der Waals surface area contributed by atoms with Crippen molar-refractivity contribution in [1.29, 1.82) is 0 Å². The Kier molecular flexibility index (Phi) is 16.3. The van der Waals surface area contributed by atoms with Gasteiger partial charge >= 0.3 is 0 Å². The summed E-state index contributed by atoms with van der Waals surface area (Å²) in [5.41, 5.74) is 8.96. The largest absolute Gasteiger partial charge is 0.382 e. The van der Waals surface area contributed by atoms with Crippen molar-refractivity contribution >= 4 is 68.9 Å². The number of thioether (sulfide) groups is 1. The molecule has 52 heavy (non-hydrogen) atoms. The Bertz CT molecular complexity index is 1690. The average molecular weight is 737 g/mol. The zero-order valence-corrected chi connectivity index (χ0v) is 31.8. The van der Waals surface area contributed by atoms with E-state index in [-0.39, 0.29) is 47.6 Å². The van der Waals surface area contributed by atoms with Gasteiger partial charge in [0.2, 0.25) is 23.6 Å². The standard InChI is InChI=1S/C38H56N8O5S/c1-4-5-18-31-44-35-36(27-15-8-9-17-29(27)43-37(35)39)45(31)22-14-12-21-41-32(48)19-7-6-13-23-46-34(50)24-30(38(46)51)52-25-33(49)42-20-11-10-16-28(40-3)26(2)47/h8-9,15,17,28,30,40H,4-7,10-14,16,18-25H2,1-3H3,(H2,39,43)(H,41,48)(H,42,49). The van der Waals surface area contributed by atoms with Crippen LogP contribution in [0.15, 0.2) is 24.3 Å². The molecule has 0 bridgehead atoms. The van der Waals surface area contributed by atoms with Crippen LogP contribution in [0.4, 0.5) is 5.82 Å². The van der Waals surface area contributed by atoms with Gasteiger partial charge in [0.05, 0.1) is 28.1 Å². The van der Waals surface area contributed by atoms with E-state index >= 15 is 0 Å². The first kappa shape index (κ1) is 40.7. The van der Waals surface area contributed by atoms with Crippen LogP contribution in [0.5, 0.6) is 0 Å². The molecule has 5 N–H and O–H groups in total. The molecule has 2 unspecified atom stereocenters. The SMILES string of the molecule is CCCCc1nc2c(N)nc3ccccc3c2n1CCCCNC(=O)CCCCCN1C(=O)CC(SCC(=O)NCCCCC(NC)C(C)=O)C1=O. The minimum absolute atomic E-state index is 0.00264. The molecule has 14 heteroatoms. The highest BCUT2D eigenvalue weighted by molar-refractivity contribution is 8.01. The molecule has 13 nitrogen and oxygen atoms in total. The summed E-state index contributed by atoms with van der Waals surface area (Å²) in [4.78, 5) is 72.4. The van der Waals surface area contributed by atoms with E-state index in [0.29, 0.717) is 44.7 Å². The van der Waals surface area contributed by atoms with Crippen molar-refractivity contribution in [1.82, 2.24) is 35.4 Å². The Labute approximate surface area is 311 Å². The molecular weight excluding hydrogens is 681 g/mol. The molecule has 3 aromatic rings. The molecule has 1 aromatic carbocycles. The van der Waals surface area contributed by atoms with Gasteiger partial charge < -0.3 is 26.3 Å². The number of nitrogens with two attached hydrogens (primary N) is 1. The minimum atomic E-state index is -0.541. The lowest BCUT2D eigenvalue weighted by molar-refractivity contribution is -0.138. The maximum Gasteiger partial charge on any atom is 0.242 e. The minimum Gasteiger partial charge on any atom is -0.382 e. The van der Waals surface area contributed by atoms with Crippen molar-refractivity contribution in [3.8, 4) is 0 Å². The zero-order chi connectivity index (χ0) is 37.5. The highest BCUT2D eigenvalue weighted by Crippen LogP contribution is 2.30. The number of anilines is 1. The molecule has 284 valence electrons. The summed E-state index contributed by atoms with van der Waals surface area (Å²) >= 11 is 1.20. The number of nitrogens with zero attached hydrogens (tertiary/aromatic N) is 4. The number of hydrogen-bond acceptors (Lipinski definition) is 10. The number of aryl methyl sites for hydroxylation is 2. The summed E-state index contributed by atoms with van der Waals surface area (Å²) in [5, 5.41) is 9.37. The summed E-state index contributed by atoms with van der Waals surface area (Å²) < 4.78 is 2.28. The molecule has 1 saturated heterocycles. The van der Waals surface area contributed by atoms with Gasteiger partial charge in [-0.2, -0.15) is 0 Å². The fourth-order valence-electron chi connectivity index (χ4n) is 6.61. The zero-order valence-electron chi connectivity index (χ0n) is 31.0. The monoisotopic (exact) mass is 736 g/mol. The van der Waals surface area contributed by atoms with E-state index in [2.05, 4.69) is 38.5 Å². The number of nitrogens with one attached hydrogen (secondary N) is 3. The van der Waals surface area contributed by atoms with Crippen LogP contribution in [-0.2, 0) is 36.9 Å².